The van der Waals surface area contributed by atoms with Crippen LogP contribution in [-0.4, -0.2) is 31.0 Å². The lowest BCUT2D eigenvalue weighted by molar-refractivity contribution is 0.0745. The van der Waals surface area contributed by atoms with Crippen molar-refractivity contribution in [3.63, 3.8) is 0 Å². The molecule has 0 saturated heterocycles. The van der Waals surface area contributed by atoms with Gasteiger partial charge >= 0.3 is 0 Å². The Morgan fingerprint density at radius 2 is 1.37 bits per heavy atom. The first-order valence-corrected chi connectivity index (χ1v) is 16.2. The van der Waals surface area contributed by atoms with Crippen molar-refractivity contribution in [2.24, 2.45) is 0 Å². The van der Waals surface area contributed by atoms with E-state index in [1.165, 1.54) is 0 Å². The van der Waals surface area contributed by atoms with E-state index in [0.717, 1.165) is 28.7 Å². The maximum Gasteiger partial charge on any atom is 0.118 e. The highest BCUT2D eigenvalue weighted by Gasteiger charge is 2.33. The Morgan fingerprint density at radius 3 is 1.89 bits per heavy atom. The zero-order valence-corrected chi connectivity index (χ0v) is 22.4. The van der Waals surface area contributed by atoms with E-state index in [2.05, 4.69) is 37.5 Å². The number of aliphatic hydroxyl groups excluding tert-OH is 1. The van der Waals surface area contributed by atoms with Gasteiger partial charge in [-0.1, -0.05) is 122 Å². The van der Waals surface area contributed by atoms with Crippen LogP contribution in [0.5, 0.6) is 0 Å². The zero-order chi connectivity index (χ0) is 25.2. The minimum absolute atomic E-state index is 0.464. The smallest absolute Gasteiger partial charge is 0.118 e. The zero-order valence-electron chi connectivity index (χ0n) is 21.4. The molecule has 3 aromatic carbocycles. The molecule has 3 rings (SSSR count). The minimum Gasteiger partial charge on any atom is -0.393 e. The van der Waals surface area contributed by atoms with Gasteiger partial charge in [-0.25, -0.2) is 0 Å². The Labute approximate surface area is 212 Å². The molecule has 0 radical (unpaired) electrons. The van der Waals surface area contributed by atoms with Crippen LogP contribution < -0.4 is 0 Å². The second-order valence-electron chi connectivity index (χ2n) is 10.5. The lowest BCUT2D eigenvalue weighted by Gasteiger charge is -2.32. The predicted molar refractivity (Wildman–Crippen MR) is 148 cm³/mol. The molecule has 3 aromatic rings. The maximum atomic E-state index is 12.1. The molecule has 2 N–H and O–H groups in total. The number of hydrogen-bond acceptors (Lipinski definition) is 3. The third-order valence-corrected chi connectivity index (χ3v) is 7.33. The molecule has 0 aliphatic rings. The summed E-state index contributed by atoms with van der Waals surface area (Å²) < 4.78 is 5.79. The van der Waals surface area contributed by atoms with Gasteiger partial charge < -0.3 is 14.9 Å². The molecule has 186 valence electrons. The van der Waals surface area contributed by atoms with E-state index < -0.39 is 19.8 Å². The van der Waals surface area contributed by atoms with Gasteiger partial charge in [0.15, 0.2) is 0 Å². The van der Waals surface area contributed by atoms with Crippen molar-refractivity contribution in [2.45, 2.75) is 63.6 Å². The number of ether oxygens (including phenoxy) is 1. The Bertz CT molecular complexity index is 988. The molecular formula is C31H40O3Si. The van der Waals surface area contributed by atoms with Crippen molar-refractivity contribution in [3.05, 3.63) is 119 Å². The summed E-state index contributed by atoms with van der Waals surface area (Å²) in [5.74, 6) is 0. The molecule has 0 heterocycles. The summed E-state index contributed by atoms with van der Waals surface area (Å²) in [7, 11) is -1.58. The van der Waals surface area contributed by atoms with E-state index in [0.29, 0.717) is 32.5 Å². The average molecular weight is 489 g/mol. The quantitative estimate of drug-likeness (QED) is 0.204. The number of benzene rings is 3. The molecule has 0 aliphatic carbocycles. The van der Waals surface area contributed by atoms with Crippen molar-refractivity contribution >= 4 is 8.07 Å². The molecule has 0 spiro atoms. The Kier molecular flexibility index (Phi) is 10.1. The van der Waals surface area contributed by atoms with Crippen LogP contribution in [0.2, 0.25) is 19.6 Å². The summed E-state index contributed by atoms with van der Waals surface area (Å²) in [6.45, 7) is 8.10. The molecule has 4 heteroatoms. The van der Waals surface area contributed by atoms with E-state index in [-0.39, 0.29) is 0 Å². The molecule has 1 unspecified atom stereocenters. The van der Waals surface area contributed by atoms with Crippen LogP contribution >= 0.6 is 0 Å². The van der Waals surface area contributed by atoms with E-state index in [9.17, 15) is 10.2 Å². The molecule has 0 amide bonds. The summed E-state index contributed by atoms with van der Waals surface area (Å²) in [5.41, 5.74) is 5.23. The van der Waals surface area contributed by atoms with Gasteiger partial charge in [0.1, 0.15) is 5.60 Å². The molecule has 0 saturated carbocycles. The first-order chi connectivity index (χ1) is 16.8. The Balaban J connectivity index is 1.68. The summed E-state index contributed by atoms with van der Waals surface area (Å²) in [6, 6.07) is 29.9. The summed E-state index contributed by atoms with van der Waals surface area (Å²) >= 11 is 0. The molecule has 0 bridgehead atoms. The van der Waals surface area contributed by atoms with Crippen LogP contribution in [0, 0.1) is 0 Å². The predicted octanol–water partition coefficient (Wildman–Crippen LogP) is 6.86. The fraction of sp³-hybridized carbons (Fsp3) is 0.355. The monoisotopic (exact) mass is 488 g/mol. The van der Waals surface area contributed by atoms with Gasteiger partial charge in [0.25, 0.3) is 0 Å². The number of hydrogen-bond donors (Lipinski definition) is 2. The van der Waals surface area contributed by atoms with Gasteiger partial charge in [-0.3, -0.25) is 0 Å². The van der Waals surface area contributed by atoms with Crippen LogP contribution in [0.3, 0.4) is 0 Å². The lowest BCUT2D eigenvalue weighted by atomic mass is 9.80. The van der Waals surface area contributed by atoms with Crippen molar-refractivity contribution in [1.82, 2.24) is 0 Å². The van der Waals surface area contributed by atoms with E-state index >= 15 is 0 Å². The number of rotatable bonds is 13. The van der Waals surface area contributed by atoms with Crippen LogP contribution in [0.25, 0.3) is 0 Å². The largest absolute Gasteiger partial charge is 0.393 e. The van der Waals surface area contributed by atoms with Crippen molar-refractivity contribution in [2.75, 3.05) is 6.61 Å². The Hall–Kier alpha value is -2.50. The van der Waals surface area contributed by atoms with Gasteiger partial charge in [-0.05, 0) is 36.0 Å². The third kappa shape index (κ3) is 8.90. The summed E-state index contributed by atoms with van der Waals surface area (Å²) in [5, 5.41) is 23.0. The average Bonchev–Trinajstić information content (AvgIpc) is 2.84. The topological polar surface area (TPSA) is 49.7 Å². The van der Waals surface area contributed by atoms with E-state index in [1.54, 1.807) is 0 Å². The second-order valence-corrected chi connectivity index (χ2v) is 15.5. The molecular weight excluding hydrogens is 448 g/mol. The first-order valence-electron chi connectivity index (χ1n) is 12.6. The van der Waals surface area contributed by atoms with Crippen molar-refractivity contribution in [3.8, 4) is 0 Å². The van der Waals surface area contributed by atoms with E-state index in [1.807, 2.05) is 78.9 Å². The van der Waals surface area contributed by atoms with Crippen LogP contribution in [0.1, 0.15) is 42.4 Å². The van der Waals surface area contributed by atoms with Gasteiger partial charge in [-0.15, -0.1) is 0 Å². The van der Waals surface area contributed by atoms with Gasteiger partial charge in [0.2, 0.25) is 0 Å². The molecule has 0 fully saturated rings. The lowest BCUT2D eigenvalue weighted by Crippen LogP contribution is -2.30. The van der Waals surface area contributed by atoms with Gasteiger partial charge in [0.05, 0.1) is 20.8 Å². The standard InChI is InChI=1S/C31H40O3Si/c1-35(2,3)25-27(22-30(32)20-13-21-34-24-26-14-7-4-8-15-26)23-31(33,28-16-9-5-10-17-28)29-18-11-6-12-19-29/h4-12,14-19,25,30,32-33H,13,20-24H2,1-3H3/b27-25+. The third-order valence-electron chi connectivity index (χ3n) is 6.06. The van der Waals surface area contributed by atoms with Gasteiger partial charge in [-0.2, -0.15) is 0 Å². The maximum absolute atomic E-state index is 12.1. The second kappa shape index (κ2) is 13.0. The highest BCUT2D eigenvalue weighted by molar-refractivity contribution is 6.81. The fourth-order valence-electron chi connectivity index (χ4n) is 4.51. The van der Waals surface area contributed by atoms with Crippen molar-refractivity contribution in [1.29, 1.82) is 0 Å². The first kappa shape index (κ1) is 27.1. The minimum atomic E-state index is -1.58. The highest BCUT2D eigenvalue weighted by atomic mass is 28.3. The van der Waals surface area contributed by atoms with Crippen LogP contribution in [-0.2, 0) is 16.9 Å². The number of aliphatic hydroxyl groups is 2. The molecule has 3 nitrogen and oxygen atoms in total. The van der Waals surface area contributed by atoms with Crippen LogP contribution in [0.15, 0.2) is 102 Å². The highest BCUT2D eigenvalue weighted by Crippen LogP contribution is 2.37. The molecule has 35 heavy (non-hydrogen) atoms. The van der Waals surface area contributed by atoms with Crippen LogP contribution in [0.4, 0.5) is 0 Å². The molecule has 0 aliphatic heterocycles. The van der Waals surface area contributed by atoms with Gasteiger partial charge in [0, 0.05) is 13.0 Å². The molecule has 0 aromatic heterocycles. The van der Waals surface area contributed by atoms with Crippen molar-refractivity contribution < 1.29 is 14.9 Å². The summed E-state index contributed by atoms with van der Waals surface area (Å²) in [6.07, 6.45) is 2.04. The summed E-state index contributed by atoms with van der Waals surface area (Å²) in [4.78, 5) is 0. The Morgan fingerprint density at radius 1 is 0.857 bits per heavy atom. The molecule has 1 atom stereocenters. The van der Waals surface area contributed by atoms with E-state index in [4.69, 9.17) is 4.74 Å². The normalized spacial score (nSPS) is 13.6. The fourth-order valence-corrected chi connectivity index (χ4v) is 5.96. The SMILES string of the molecule is C[Si](C)(C)/C=C(\CC(O)CCCOCc1ccccc1)CC(O)(c1ccccc1)c1ccccc1.